The van der Waals surface area contributed by atoms with Crippen LogP contribution in [0.1, 0.15) is 20.3 Å². The Labute approximate surface area is 59.4 Å². The van der Waals surface area contributed by atoms with Crippen LogP contribution in [0.4, 0.5) is 4.39 Å². The molecular formula is C7H11FO2. The summed E-state index contributed by atoms with van der Waals surface area (Å²) in [4.78, 5) is 10.9. The molecule has 0 aliphatic heterocycles. The van der Waals surface area contributed by atoms with Crippen LogP contribution in [-0.4, -0.2) is 18.7 Å². The lowest BCUT2D eigenvalue weighted by Gasteiger charge is -2.05. The summed E-state index contributed by atoms with van der Waals surface area (Å²) in [5.41, 5.74) is -0.810. The first-order valence-electron chi connectivity index (χ1n) is 3.42. The van der Waals surface area contributed by atoms with E-state index in [9.17, 15) is 9.18 Å². The Balaban J connectivity index is 2.43. The van der Waals surface area contributed by atoms with E-state index in [4.69, 9.17) is 0 Å². The van der Waals surface area contributed by atoms with Gasteiger partial charge in [-0.2, -0.15) is 0 Å². The molecule has 0 saturated heterocycles. The molecule has 1 aliphatic rings. The Hall–Kier alpha value is -0.600. The Morgan fingerprint density at radius 1 is 1.90 bits per heavy atom. The highest BCUT2D eigenvalue weighted by Crippen LogP contribution is 2.48. The Bertz CT molecular complexity index is 158. The topological polar surface area (TPSA) is 26.3 Å². The van der Waals surface area contributed by atoms with Crippen LogP contribution in [0.25, 0.3) is 0 Å². The zero-order valence-electron chi connectivity index (χ0n) is 6.19. The molecule has 0 radical (unpaired) electrons. The van der Waals surface area contributed by atoms with Crippen LogP contribution in [0.5, 0.6) is 0 Å². The summed E-state index contributed by atoms with van der Waals surface area (Å²) in [5, 5.41) is 0. The van der Waals surface area contributed by atoms with Gasteiger partial charge >= 0.3 is 5.97 Å². The van der Waals surface area contributed by atoms with Gasteiger partial charge in [0.05, 0.1) is 12.0 Å². The second-order valence-corrected chi connectivity index (χ2v) is 2.81. The lowest BCUT2D eigenvalue weighted by molar-refractivity contribution is -0.149. The molecule has 0 unspecified atom stereocenters. The number of esters is 1. The maximum absolute atomic E-state index is 12.4. The standard InChI is InChI=1S/C7H11FO2/c1-3-10-6(9)7(2)4-5(7)8/h5H,3-4H2,1-2H3/t5-,7+/m0/s1. The molecule has 10 heavy (non-hydrogen) atoms. The third-order valence-corrected chi connectivity index (χ3v) is 1.88. The summed E-state index contributed by atoms with van der Waals surface area (Å²) in [6.45, 7) is 3.65. The summed E-state index contributed by atoms with van der Waals surface area (Å²) in [6.07, 6.45) is -0.655. The fraction of sp³-hybridized carbons (Fsp3) is 0.857. The zero-order chi connectivity index (χ0) is 7.78. The first kappa shape index (κ1) is 7.51. The van der Waals surface area contributed by atoms with Crippen molar-refractivity contribution in [2.75, 3.05) is 6.61 Å². The molecular weight excluding hydrogens is 135 g/mol. The summed E-state index contributed by atoms with van der Waals surface area (Å²) < 4.78 is 17.1. The number of carbonyl (C=O) groups is 1. The van der Waals surface area contributed by atoms with Crippen molar-refractivity contribution >= 4 is 5.97 Å². The average Bonchev–Trinajstić information content (AvgIpc) is 2.43. The lowest BCUT2D eigenvalue weighted by Crippen LogP contribution is -2.18. The van der Waals surface area contributed by atoms with Gasteiger partial charge in [-0.1, -0.05) is 0 Å². The molecule has 2 atom stereocenters. The molecule has 1 rings (SSSR count). The minimum atomic E-state index is -0.980. The minimum absolute atomic E-state index is 0.325. The second kappa shape index (κ2) is 2.22. The maximum Gasteiger partial charge on any atom is 0.314 e. The van der Waals surface area contributed by atoms with Gasteiger partial charge in [0.1, 0.15) is 6.17 Å². The molecule has 3 heteroatoms. The van der Waals surface area contributed by atoms with Gasteiger partial charge in [-0.25, -0.2) is 4.39 Å². The molecule has 1 fully saturated rings. The van der Waals surface area contributed by atoms with Crippen LogP contribution in [0.2, 0.25) is 0 Å². The second-order valence-electron chi connectivity index (χ2n) is 2.81. The van der Waals surface area contributed by atoms with Crippen LogP contribution in [0.15, 0.2) is 0 Å². The fourth-order valence-electron chi connectivity index (χ4n) is 0.821. The Morgan fingerprint density at radius 3 is 2.70 bits per heavy atom. The van der Waals surface area contributed by atoms with Crippen molar-refractivity contribution in [1.82, 2.24) is 0 Å². The predicted octanol–water partition coefficient (Wildman–Crippen LogP) is 1.30. The molecule has 0 aromatic carbocycles. The van der Waals surface area contributed by atoms with Crippen LogP contribution in [0.3, 0.4) is 0 Å². The number of hydrogen-bond donors (Lipinski definition) is 0. The Kier molecular flexibility index (Phi) is 1.67. The van der Waals surface area contributed by atoms with Crippen LogP contribution < -0.4 is 0 Å². The van der Waals surface area contributed by atoms with Gasteiger partial charge in [-0.15, -0.1) is 0 Å². The number of ether oxygens (including phenoxy) is 1. The number of alkyl halides is 1. The van der Waals surface area contributed by atoms with Crippen molar-refractivity contribution in [3.63, 3.8) is 0 Å². The van der Waals surface area contributed by atoms with Gasteiger partial charge in [0.2, 0.25) is 0 Å². The van der Waals surface area contributed by atoms with E-state index in [1.54, 1.807) is 13.8 Å². The quantitative estimate of drug-likeness (QED) is 0.549. The van der Waals surface area contributed by atoms with Crippen molar-refractivity contribution < 1.29 is 13.9 Å². The summed E-state index contributed by atoms with van der Waals surface area (Å²) in [5.74, 6) is -0.400. The molecule has 1 aliphatic carbocycles. The molecule has 2 nitrogen and oxygen atoms in total. The third kappa shape index (κ3) is 1.00. The maximum atomic E-state index is 12.4. The van der Waals surface area contributed by atoms with Gasteiger partial charge in [-0.3, -0.25) is 4.79 Å². The molecule has 1 saturated carbocycles. The number of rotatable bonds is 2. The largest absolute Gasteiger partial charge is 0.465 e. The SMILES string of the molecule is CCOC(=O)[C@]1(C)C[C@@H]1F. The van der Waals surface area contributed by atoms with E-state index in [0.717, 1.165) is 0 Å². The van der Waals surface area contributed by atoms with Gasteiger partial charge < -0.3 is 4.74 Å². The van der Waals surface area contributed by atoms with Crippen molar-refractivity contribution in [2.24, 2.45) is 5.41 Å². The molecule has 58 valence electrons. The van der Waals surface area contributed by atoms with E-state index >= 15 is 0 Å². The first-order chi connectivity index (χ1) is 4.61. The summed E-state index contributed by atoms with van der Waals surface area (Å²) in [6, 6.07) is 0. The van der Waals surface area contributed by atoms with Gasteiger partial charge in [-0.05, 0) is 20.3 Å². The molecule has 0 heterocycles. The van der Waals surface area contributed by atoms with E-state index in [1.165, 1.54) is 0 Å². The van der Waals surface area contributed by atoms with Crippen molar-refractivity contribution in [1.29, 1.82) is 0 Å². The highest BCUT2D eigenvalue weighted by atomic mass is 19.1. The van der Waals surface area contributed by atoms with Crippen molar-refractivity contribution in [2.45, 2.75) is 26.4 Å². The molecule has 0 spiro atoms. The van der Waals surface area contributed by atoms with Gasteiger partial charge in [0.25, 0.3) is 0 Å². The van der Waals surface area contributed by atoms with Crippen molar-refractivity contribution in [3.8, 4) is 0 Å². The van der Waals surface area contributed by atoms with E-state index in [1.807, 2.05) is 0 Å². The predicted molar refractivity (Wildman–Crippen MR) is 34.3 cm³/mol. The molecule has 0 bridgehead atoms. The van der Waals surface area contributed by atoms with E-state index in [0.29, 0.717) is 13.0 Å². The monoisotopic (exact) mass is 146 g/mol. The number of hydrogen-bond acceptors (Lipinski definition) is 2. The van der Waals surface area contributed by atoms with Crippen molar-refractivity contribution in [3.05, 3.63) is 0 Å². The lowest BCUT2D eigenvalue weighted by atomic mass is 10.1. The average molecular weight is 146 g/mol. The Morgan fingerprint density at radius 2 is 2.40 bits per heavy atom. The first-order valence-corrected chi connectivity index (χ1v) is 3.42. The zero-order valence-corrected chi connectivity index (χ0v) is 6.19. The molecule has 0 amide bonds. The number of carbonyl (C=O) groups excluding carboxylic acids is 1. The summed E-state index contributed by atoms with van der Waals surface area (Å²) >= 11 is 0. The smallest absolute Gasteiger partial charge is 0.314 e. The highest BCUT2D eigenvalue weighted by Gasteiger charge is 2.58. The third-order valence-electron chi connectivity index (χ3n) is 1.88. The normalized spacial score (nSPS) is 37.3. The van der Waals surface area contributed by atoms with E-state index in [-0.39, 0.29) is 0 Å². The molecule has 0 N–H and O–H groups in total. The molecule has 0 aromatic heterocycles. The number of halogens is 1. The van der Waals surface area contributed by atoms with Crippen LogP contribution in [0, 0.1) is 5.41 Å². The van der Waals surface area contributed by atoms with E-state index in [2.05, 4.69) is 4.74 Å². The van der Waals surface area contributed by atoms with E-state index < -0.39 is 17.6 Å². The highest BCUT2D eigenvalue weighted by molar-refractivity contribution is 5.80. The minimum Gasteiger partial charge on any atom is -0.465 e. The molecule has 0 aromatic rings. The van der Waals surface area contributed by atoms with Gasteiger partial charge in [0, 0.05) is 0 Å². The fourth-order valence-corrected chi connectivity index (χ4v) is 0.821. The summed E-state index contributed by atoms with van der Waals surface area (Å²) in [7, 11) is 0. The van der Waals surface area contributed by atoms with Crippen LogP contribution in [-0.2, 0) is 9.53 Å². The van der Waals surface area contributed by atoms with Gasteiger partial charge in [0.15, 0.2) is 0 Å². The van der Waals surface area contributed by atoms with Crippen LogP contribution >= 0.6 is 0 Å².